The Kier molecular flexibility index (Phi) is 3.33. The highest BCUT2D eigenvalue weighted by Gasteiger charge is 2.60. The zero-order valence-corrected chi connectivity index (χ0v) is 13.8. The Morgan fingerprint density at radius 3 is 2.59 bits per heavy atom. The van der Waals surface area contributed by atoms with Crippen LogP contribution in [-0.2, 0) is 4.74 Å². The zero-order chi connectivity index (χ0) is 16.1. The first-order valence-electron chi connectivity index (χ1n) is 7.61. The summed E-state index contributed by atoms with van der Waals surface area (Å²) < 4.78 is 11.3. The van der Waals surface area contributed by atoms with Crippen molar-refractivity contribution in [3.63, 3.8) is 0 Å². The molecular formula is C18H23NO3. The van der Waals surface area contributed by atoms with Crippen molar-refractivity contribution in [2.24, 2.45) is 5.41 Å². The Balaban J connectivity index is 1.84. The Labute approximate surface area is 131 Å². The molecule has 3 rings (SSSR count). The number of fused-ring (bicyclic) bond motifs is 1. The summed E-state index contributed by atoms with van der Waals surface area (Å²) in [4.78, 5) is 14.5. The van der Waals surface area contributed by atoms with E-state index in [0.29, 0.717) is 5.76 Å². The number of carbonyl (C=O) groups excluding carboxylic acids is 1. The molecule has 22 heavy (non-hydrogen) atoms. The monoisotopic (exact) mass is 301 g/mol. The molecule has 0 radical (unpaired) electrons. The number of hydrogen-bond acceptors (Lipinski definition) is 3. The molecule has 4 heteroatoms. The van der Waals surface area contributed by atoms with Crippen LogP contribution in [-0.4, -0.2) is 36.6 Å². The predicted octanol–water partition coefficient (Wildman–Crippen LogP) is 3.71. The molecule has 1 saturated carbocycles. The molecule has 0 bridgehead atoms. The number of benzene rings is 1. The minimum Gasteiger partial charge on any atom is -0.451 e. The Morgan fingerprint density at radius 2 is 2.00 bits per heavy atom. The van der Waals surface area contributed by atoms with Crippen LogP contribution < -0.4 is 0 Å². The van der Waals surface area contributed by atoms with E-state index in [9.17, 15) is 4.79 Å². The first-order chi connectivity index (χ1) is 10.3. The Morgan fingerprint density at radius 1 is 1.32 bits per heavy atom. The smallest absolute Gasteiger partial charge is 0.289 e. The summed E-state index contributed by atoms with van der Waals surface area (Å²) in [6, 6.07) is 9.62. The third-order valence-electron chi connectivity index (χ3n) is 5.65. The predicted molar refractivity (Wildman–Crippen MR) is 85.9 cm³/mol. The molecule has 1 aromatic heterocycles. The second kappa shape index (κ2) is 4.85. The van der Waals surface area contributed by atoms with Crippen molar-refractivity contribution in [2.45, 2.75) is 38.8 Å². The fourth-order valence-electron chi connectivity index (χ4n) is 3.48. The molecule has 1 aliphatic rings. The topological polar surface area (TPSA) is 42.7 Å². The summed E-state index contributed by atoms with van der Waals surface area (Å²) in [7, 11) is 3.58. The highest BCUT2D eigenvalue weighted by Crippen LogP contribution is 2.53. The fraction of sp³-hybridized carbons (Fsp3) is 0.500. The van der Waals surface area contributed by atoms with Crippen LogP contribution in [0.1, 0.15) is 37.7 Å². The first-order valence-corrected chi connectivity index (χ1v) is 7.61. The van der Waals surface area contributed by atoms with Gasteiger partial charge in [-0.2, -0.15) is 0 Å². The van der Waals surface area contributed by atoms with Crippen LogP contribution in [0.2, 0.25) is 0 Å². The highest BCUT2D eigenvalue weighted by molar-refractivity contribution is 5.96. The SMILES string of the molecule is COC1(C)CC(N(C)C(=O)c2cc3ccccc3o2)C1(C)C. The minimum absolute atomic E-state index is 0.0765. The molecule has 2 unspecified atom stereocenters. The molecule has 0 saturated heterocycles. The van der Waals surface area contributed by atoms with E-state index in [1.807, 2.05) is 37.4 Å². The van der Waals surface area contributed by atoms with Gasteiger partial charge in [0, 0.05) is 31.0 Å². The van der Waals surface area contributed by atoms with E-state index in [1.165, 1.54) is 0 Å². The van der Waals surface area contributed by atoms with Gasteiger partial charge in [-0.25, -0.2) is 0 Å². The number of ether oxygens (including phenoxy) is 1. The van der Waals surface area contributed by atoms with E-state index in [2.05, 4.69) is 20.8 Å². The molecule has 0 aliphatic heterocycles. The maximum absolute atomic E-state index is 12.7. The fourth-order valence-corrected chi connectivity index (χ4v) is 3.48. The van der Waals surface area contributed by atoms with Crippen molar-refractivity contribution in [1.29, 1.82) is 0 Å². The molecule has 2 aromatic rings. The van der Waals surface area contributed by atoms with Gasteiger partial charge in [0.25, 0.3) is 5.91 Å². The van der Waals surface area contributed by atoms with Crippen LogP contribution in [0.25, 0.3) is 11.0 Å². The lowest BCUT2D eigenvalue weighted by molar-refractivity contribution is -0.198. The van der Waals surface area contributed by atoms with Gasteiger partial charge in [0.1, 0.15) is 5.58 Å². The number of amides is 1. The second-order valence-electron chi connectivity index (χ2n) is 6.94. The van der Waals surface area contributed by atoms with Crippen molar-refractivity contribution in [2.75, 3.05) is 14.2 Å². The van der Waals surface area contributed by atoms with Gasteiger partial charge in [-0.15, -0.1) is 0 Å². The number of carbonyl (C=O) groups is 1. The van der Waals surface area contributed by atoms with Gasteiger partial charge >= 0.3 is 0 Å². The third kappa shape index (κ3) is 1.97. The molecule has 1 fully saturated rings. The van der Waals surface area contributed by atoms with E-state index in [4.69, 9.17) is 9.15 Å². The Hall–Kier alpha value is -1.81. The highest BCUT2D eigenvalue weighted by atomic mass is 16.5. The quantitative estimate of drug-likeness (QED) is 0.868. The number of nitrogens with zero attached hydrogens (tertiary/aromatic N) is 1. The average molecular weight is 301 g/mol. The summed E-state index contributed by atoms with van der Waals surface area (Å²) in [6.45, 7) is 6.39. The minimum atomic E-state index is -0.194. The summed E-state index contributed by atoms with van der Waals surface area (Å²) >= 11 is 0. The lowest BCUT2D eigenvalue weighted by Crippen LogP contribution is -2.68. The number of methoxy groups -OCH3 is 1. The largest absolute Gasteiger partial charge is 0.451 e. The van der Waals surface area contributed by atoms with E-state index in [0.717, 1.165) is 17.4 Å². The van der Waals surface area contributed by atoms with Crippen LogP contribution in [0.3, 0.4) is 0 Å². The van der Waals surface area contributed by atoms with Gasteiger partial charge in [-0.1, -0.05) is 32.0 Å². The van der Waals surface area contributed by atoms with Gasteiger partial charge in [-0.3, -0.25) is 4.79 Å². The van der Waals surface area contributed by atoms with Crippen molar-refractivity contribution in [3.8, 4) is 0 Å². The van der Waals surface area contributed by atoms with Crippen molar-refractivity contribution in [1.82, 2.24) is 4.90 Å². The van der Waals surface area contributed by atoms with Gasteiger partial charge in [-0.05, 0) is 25.5 Å². The van der Waals surface area contributed by atoms with Gasteiger partial charge in [0.15, 0.2) is 5.76 Å². The van der Waals surface area contributed by atoms with E-state index in [-0.39, 0.29) is 23.0 Å². The van der Waals surface area contributed by atoms with Crippen molar-refractivity contribution in [3.05, 3.63) is 36.1 Å². The molecule has 1 amide bonds. The maximum atomic E-state index is 12.7. The van der Waals surface area contributed by atoms with Gasteiger partial charge in [0.05, 0.1) is 5.60 Å². The Bertz CT molecular complexity index is 685. The van der Waals surface area contributed by atoms with Crippen LogP contribution in [0, 0.1) is 5.41 Å². The summed E-state index contributed by atoms with van der Waals surface area (Å²) in [6.07, 6.45) is 0.832. The van der Waals surface area contributed by atoms with Gasteiger partial charge in [0.2, 0.25) is 0 Å². The molecule has 4 nitrogen and oxygen atoms in total. The van der Waals surface area contributed by atoms with Crippen LogP contribution in [0.4, 0.5) is 0 Å². The molecule has 0 N–H and O–H groups in total. The number of rotatable bonds is 3. The molecule has 1 aliphatic carbocycles. The number of furan rings is 1. The summed E-state index contributed by atoms with van der Waals surface area (Å²) in [5.74, 6) is 0.318. The molecule has 1 aromatic carbocycles. The first kappa shape index (κ1) is 15.1. The molecule has 118 valence electrons. The average Bonchev–Trinajstić information content (AvgIpc) is 2.94. The lowest BCUT2D eigenvalue weighted by Gasteiger charge is -2.61. The molecule has 0 spiro atoms. The van der Waals surface area contributed by atoms with Crippen LogP contribution in [0.15, 0.2) is 34.7 Å². The zero-order valence-electron chi connectivity index (χ0n) is 13.8. The molecule has 1 heterocycles. The summed E-state index contributed by atoms with van der Waals surface area (Å²) in [5, 5.41) is 0.953. The van der Waals surface area contributed by atoms with E-state index >= 15 is 0 Å². The van der Waals surface area contributed by atoms with Crippen LogP contribution in [0.5, 0.6) is 0 Å². The normalized spacial score (nSPS) is 26.7. The van der Waals surface area contributed by atoms with Crippen molar-refractivity contribution >= 4 is 16.9 Å². The van der Waals surface area contributed by atoms with Gasteiger partial charge < -0.3 is 14.1 Å². The number of hydrogen-bond donors (Lipinski definition) is 0. The van der Waals surface area contributed by atoms with E-state index < -0.39 is 0 Å². The molecular weight excluding hydrogens is 278 g/mol. The third-order valence-corrected chi connectivity index (χ3v) is 5.65. The maximum Gasteiger partial charge on any atom is 0.289 e. The van der Waals surface area contributed by atoms with Crippen molar-refractivity contribution < 1.29 is 13.9 Å². The molecule has 2 atom stereocenters. The van der Waals surface area contributed by atoms with Crippen LogP contribution >= 0.6 is 0 Å². The van der Waals surface area contributed by atoms with E-state index in [1.54, 1.807) is 12.0 Å². The standard InChI is InChI=1S/C18H23NO3/c1-17(2)15(11-18(17,3)21-5)19(4)16(20)14-10-12-8-6-7-9-13(12)22-14/h6-10,15H,11H2,1-5H3. The second-order valence-corrected chi connectivity index (χ2v) is 6.94. The lowest BCUT2D eigenvalue weighted by atomic mass is 9.55. The summed E-state index contributed by atoms with van der Waals surface area (Å²) in [5.41, 5.74) is 0.451. The number of para-hydroxylation sites is 1.